The normalized spacial score (nSPS) is 16.1. The van der Waals surface area contributed by atoms with Gasteiger partial charge in [0.1, 0.15) is 10.8 Å². The summed E-state index contributed by atoms with van der Waals surface area (Å²) in [4.78, 5) is 7.29. The minimum atomic E-state index is 0.370. The van der Waals surface area contributed by atoms with E-state index in [1.165, 1.54) is 25.7 Å². The quantitative estimate of drug-likeness (QED) is 0.833. The van der Waals surface area contributed by atoms with Gasteiger partial charge >= 0.3 is 0 Å². The van der Waals surface area contributed by atoms with Crippen molar-refractivity contribution >= 4 is 23.0 Å². The van der Waals surface area contributed by atoms with Crippen LogP contribution < -0.4 is 10.6 Å². The van der Waals surface area contributed by atoms with Gasteiger partial charge in [0.15, 0.2) is 0 Å². The molecule has 0 bridgehead atoms. The Balaban J connectivity index is 2.23. The van der Waals surface area contributed by atoms with E-state index in [9.17, 15) is 0 Å². The summed E-state index contributed by atoms with van der Waals surface area (Å²) in [5.41, 5.74) is 6.34. The van der Waals surface area contributed by atoms with Gasteiger partial charge in [-0.05, 0) is 31.9 Å². The molecule has 1 heterocycles. The summed E-state index contributed by atoms with van der Waals surface area (Å²) >= 11 is 4.98. The molecule has 3 nitrogen and oxygen atoms in total. The first kappa shape index (κ1) is 12.3. The molecular formula is C13H19N3S. The van der Waals surface area contributed by atoms with Crippen molar-refractivity contribution < 1.29 is 0 Å². The lowest BCUT2D eigenvalue weighted by Gasteiger charge is -2.29. The van der Waals surface area contributed by atoms with Gasteiger partial charge in [-0.2, -0.15) is 0 Å². The zero-order valence-electron chi connectivity index (χ0n) is 10.2. The third kappa shape index (κ3) is 2.75. The Labute approximate surface area is 108 Å². The maximum absolute atomic E-state index is 5.63. The Hall–Kier alpha value is -1.16. The number of hydrogen-bond donors (Lipinski definition) is 1. The average Bonchev–Trinajstić information content (AvgIpc) is 2.84. The summed E-state index contributed by atoms with van der Waals surface area (Å²) in [6.07, 6.45) is 5.20. The molecule has 0 aromatic carbocycles. The second kappa shape index (κ2) is 5.45. The topological polar surface area (TPSA) is 42.1 Å². The predicted octanol–water partition coefficient (Wildman–Crippen LogP) is 2.48. The third-order valence-corrected chi connectivity index (χ3v) is 3.60. The highest BCUT2D eigenvalue weighted by Crippen LogP contribution is 2.26. The number of rotatable bonds is 4. The minimum Gasteiger partial charge on any atom is -0.388 e. The highest BCUT2D eigenvalue weighted by atomic mass is 32.1. The number of aromatic nitrogens is 1. The SMILES string of the molecule is CCN(c1cccc(C(N)=S)n1)C1CCCC1. The standard InChI is InChI=1S/C13H19N3S/c1-2-16(10-6-3-4-7-10)12-9-5-8-11(15-12)13(14)17/h5,8-10H,2-4,6-7H2,1H3,(H2,14,17). The summed E-state index contributed by atoms with van der Waals surface area (Å²) in [6, 6.07) is 6.53. The number of thiocarbonyl (C=S) groups is 1. The van der Waals surface area contributed by atoms with Gasteiger partial charge in [0.05, 0.1) is 5.69 Å². The lowest BCUT2D eigenvalue weighted by molar-refractivity contribution is 0.613. The van der Waals surface area contributed by atoms with Crippen molar-refractivity contribution in [3.05, 3.63) is 23.9 Å². The molecule has 17 heavy (non-hydrogen) atoms. The molecule has 0 amide bonds. The van der Waals surface area contributed by atoms with Crippen LogP contribution in [0.25, 0.3) is 0 Å². The molecular weight excluding hydrogens is 230 g/mol. The van der Waals surface area contributed by atoms with Crippen molar-refractivity contribution in [3.63, 3.8) is 0 Å². The van der Waals surface area contributed by atoms with E-state index in [2.05, 4.69) is 16.8 Å². The number of hydrogen-bond acceptors (Lipinski definition) is 3. The molecule has 0 atom stereocenters. The fourth-order valence-corrected chi connectivity index (χ4v) is 2.66. The molecule has 4 heteroatoms. The monoisotopic (exact) mass is 249 g/mol. The van der Waals surface area contributed by atoms with E-state index in [0.717, 1.165) is 12.4 Å². The Bertz CT molecular complexity index is 399. The van der Waals surface area contributed by atoms with E-state index >= 15 is 0 Å². The highest BCUT2D eigenvalue weighted by molar-refractivity contribution is 7.80. The smallest absolute Gasteiger partial charge is 0.129 e. The number of anilines is 1. The average molecular weight is 249 g/mol. The summed E-state index contributed by atoms with van der Waals surface area (Å²) in [5.74, 6) is 1.00. The van der Waals surface area contributed by atoms with E-state index < -0.39 is 0 Å². The van der Waals surface area contributed by atoms with Gasteiger partial charge in [0, 0.05) is 12.6 Å². The van der Waals surface area contributed by atoms with Gasteiger partial charge in [-0.15, -0.1) is 0 Å². The zero-order chi connectivity index (χ0) is 12.3. The highest BCUT2D eigenvalue weighted by Gasteiger charge is 2.22. The second-order valence-electron chi connectivity index (χ2n) is 4.47. The van der Waals surface area contributed by atoms with Crippen LogP contribution in [0, 0.1) is 0 Å². The Morgan fingerprint density at radius 3 is 2.76 bits per heavy atom. The van der Waals surface area contributed by atoms with E-state index in [1.807, 2.05) is 18.2 Å². The lowest BCUT2D eigenvalue weighted by atomic mass is 10.2. The van der Waals surface area contributed by atoms with Gasteiger partial charge in [0.2, 0.25) is 0 Å². The molecule has 1 aliphatic rings. The van der Waals surface area contributed by atoms with Crippen LogP contribution in [0.1, 0.15) is 38.3 Å². The lowest BCUT2D eigenvalue weighted by Crippen LogP contribution is -2.34. The number of pyridine rings is 1. The first-order valence-corrected chi connectivity index (χ1v) is 6.66. The van der Waals surface area contributed by atoms with E-state index in [-0.39, 0.29) is 0 Å². The number of nitrogens with two attached hydrogens (primary N) is 1. The van der Waals surface area contributed by atoms with Gasteiger partial charge in [-0.1, -0.05) is 31.1 Å². The summed E-state index contributed by atoms with van der Waals surface area (Å²) in [6.45, 7) is 3.16. The van der Waals surface area contributed by atoms with Crippen LogP contribution in [0.3, 0.4) is 0 Å². The molecule has 92 valence electrons. The molecule has 0 radical (unpaired) electrons. The first-order chi connectivity index (χ1) is 8.22. The molecule has 1 aliphatic carbocycles. The van der Waals surface area contributed by atoms with E-state index in [0.29, 0.717) is 16.7 Å². The second-order valence-corrected chi connectivity index (χ2v) is 4.91. The fourth-order valence-electron chi connectivity index (χ4n) is 2.54. The zero-order valence-corrected chi connectivity index (χ0v) is 11.0. The van der Waals surface area contributed by atoms with Gasteiger partial charge in [0.25, 0.3) is 0 Å². The van der Waals surface area contributed by atoms with Crippen molar-refractivity contribution in [1.29, 1.82) is 0 Å². The molecule has 1 fully saturated rings. The Kier molecular flexibility index (Phi) is 3.94. The molecule has 0 saturated heterocycles. The molecule has 1 aromatic heterocycles. The van der Waals surface area contributed by atoms with Crippen molar-refractivity contribution in [1.82, 2.24) is 4.98 Å². The van der Waals surface area contributed by atoms with Crippen molar-refractivity contribution in [2.75, 3.05) is 11.4 Å². The minimum absolute atomic E-state index is 0.370. The van der Waals surface area contributed by atoms with Crippen LogP contribution in [-0.2, 0) is 0 Å². The third-order valence-electron chi connectivity index (χ3n) is 3.39. The van der Waals surface area contributed by atoms with Crippen LogP contribution in [-0.4, -0.2) is 22.6 Å². The van der Waals surface area contributed by atoms with Crippen LogP contribution in [0.15, 0.2) is 18.2 Å². The van der Waals surface area contributed by atoms with Crippen molar-refractivity contribution in [2.24, 2.45) is 5.73 Å². The van der Waals surface area contributed by atoms with Crippen LogP contribution in [0.2, 0.25) is 0 Å². The molecule has 0 spiro atoms. The maximum atomic E-state index is 5.63. The summed E-state index contributed by atoms with van der Waals surface area (Å²) < 4.78 is 0. The van der Waals surface area contributed by atoms with Crippen LogP contribution in [0.4, 0.5) is 5.82 Å². The van der Waals surface area contributed by atoms with E-state index in [4.69, 9.17) is 18.0 Å². The predicted molar refractivity (Wildman–Crippen MR) is 75.4 cm³/mol. The Morgan fingerprint density at radius 1 is 1.47 bits per heavy atom. The molecule has 2 N–H and O–H groups in total. The first-order valence-electron chi connectivity index (χ1n) is 6.26. The molecule has 0 aliphatic heterocycles. The van der Waals surface area contributed by atoms with Crippen LogP contribution >= 0.6 is 12.2 Å². The maximum Gasteiger partial charge on any atom is 0.129 e. The number of nitrogens with zero attached hydrogens (tertiary/aromatic N) is 2. The van der Waals surface area contributed by atoms with Gasteiger partial charge in [-0.3, -0.25) is 0 Å². The van der Waals surface area contributed by atoms with E-state index in [1.54, 1.807) is 0 Å². The summed E-state index contributed by atoms with van der Waals surface area (Å²) in [5, 5.41) is 0. The Morgan fingerprint density at radius 2 is 2.18 bits per heavy atom. The molecule has 1 saturated carbocycles. The fraction of sp³-hybridized carbons (Fsp3) is 0.538. The van der Waals surface area contributed by atoms with Crippen molar-refractivity contribution in [3.8, 4) is 0 Å². The van der Waals surface area contributed by atoms with Crippen molar-refractivity contribution in [2.45, 2.75) is 38.6 Å². The van der Waals surface area contributed by atoms with Gasteiger partial charge < -0.3 is 10.6 Å². The summed E-state index contributed by atoms with van der Waals surface area (Å²) in [7, 11) is 0. The van der Waals surface area contributed by atoms with Gasteiger partial charge in [-0.25, -0.2) is 4.98 Å². The molecule has 1 aromatic rings. The van der Waals surface area contributed by atoms with Crippen LogP contribution in [0.5, 0.6) is 0 Å². The molecule has 2 rings (SSSR count). The largest absolute Gasteiger partial charge is 0.388 e. The molecule has 0 unspecified atom stereocenters.